The van der Waals surface area contributed by atoms with Gasteiger partial charge >= 0.3 is 0 Å². The predicted molar refractivity (Wildman–Crippen MR) is 69.2 cm³/mol. The number of aryl methyl sites for hydroxylation is 1. The van der Waals surface area contributed by atoms with E-state index < -0.39 is 0 Å². The third-order valence-electron chi connectivity index (χ3n) is 3.34. The maximum atomic E-state index is 5.81. The van der Waals surface area contributed by atoms with Gasteiger partial charge in [-0.05, 0) is 50.3 Å². The number of halogens is 1. The van der Waals surface area contributed by atoms with Gasteiger partial charge in [-0.1, -0.05) is 0 Å². The molecule has 2 rings (SSSR count). The Bertz CT molecular complexity index is 365. The van der Waals surface area contributed by atoms with E-state index in [2.05, 4.69) is 29.8 Å². The number of anilines is 1. The molecule has 0 aliphatic carbocycles. The second-order valence-electron chi connectivity index (χ2n) is 4.66. The summed E-state index contributed by atoms with van der Waals surface area (Å²) in [6.07, 6.45) is 5.80. The molecule has 1 aromatic heterocycles. The van der Waals surface area contributed by atoms with Crippen molar-refractivity contribution in [3.05, 3.63) is 23.4 Å². The summed E-state index contributed by atoms with van der Waals surface area (Å²) in [5.74, 6) is 1.69. The van der Waals surface area contributed by atoms with Crippen LogP contribution in [0.4, 0.5) is 5.82 Å². The van der Waals surface area contributed by atoms with Crippen LogP contribution in [0.1, 0.15) is 37.3 Å². The van der Waals surface area contributed by atoms with E-state index in [1.807, 2.05) is 6.20 Å². The van der Waals surface area contributed by atoms with Gasteiger partial charge in [0.25, 0.3) is 0 Å². The van der Waals surface area contributed by atoms with Crippen LogP contribution in [0.2, 0.25) is 0 Å². The highest BCUT2D eigenvalue weighted by molar-refractivity contribution is 6.17. The molecule has 1 saturated heterocycles. The molecule has 2 heterocycles. The SMILES string of the molecule is Cc1cc(CCl)cnc1N1CCCCC1C. The van der Waals surface area contributed by atoms with E-state index in [9.17, 15) is 0 Å². The molecule has 1 aliphatic heterocycles. The molecule has 0 saturated carbocycles. The van der Waals surface area contributed by atoms with Crippen LogP contribution in [0.25, 0.3) is 0 Å². The number of pyridine rings is 1. The largest absolute Gasteiger partial charge is 0.354 e. The molecule has 0 amide bonds. The Morgan fingerprint density at radius 1 is 1.50 bits per heavy atom. The maximum Gasteiger partial charge on any atom is 0.131 e. The van der Waals surface area contributed by atoms with E-state index in [-0.39, 0.29) is 0 Å². The Balaban J connectivity index is 2.25. The van der Waals surface area contributed by atoms with Crippen LogP contribution in [0.3, 0.4) is 0 Å². The Kier molecular flexibility index (Phi) is 3.70. The maximum absolute atomic E-state index is 5.81. The van der Waals surface area contributed by atoms with Crippen LogP contribution in [0, 0.1) is 6.92 Å². The van der Waals surface area contributed by atoms with Gasteiger partial charge in [0.05, 0.1) is 0 Å². The summed E-state index contributed by atoms with van der Waals surface area (Å²) in [6.45, 7) is 5.55. The first-order valence-corrected chi connectivity index (χ1v) is 6.54. The Morgan fingerprint density at radius 2 is 2.31 bits per heavy atom. The van der Waals surface area contributed by atoms with Gasteiger partial charge in [-0.25, -0.2) is 4.98 Å². The third kappa shape index (κ3) is 2.32. The molecule has 1 fully saturated rings. The Labute approximate surface area is 103 Å². The first kappa shape index (κ1) is 11.7. The van der Waals surface area contributed by atoms with Gasteiger partial charge in [0.15, 0.2) is 0 Å². The fourth-order valence-electron chi connectivity index (χ4n) is 2.41. The lowest BCUT2D eigenvalue weighted by atomic mass is 10.0. The van der Waals surface area contributed by atoms with Crippen molar-refractivity contribution < 1.29 is 0 Å². The highest BCUT2D eigenvalue weighted by atomic mass is 35.5. The van der Waals surface area contributed by atoms with Crippen molar-refractivity contribution in [3.8, 4) is 0 Å². The Morgan fingerprint density at radius 3 is 2.94 bits per heavy atom. The molecular weight excluding hydrogens is 220 g/mol. The highest BCUT2D eigenvalue weighted by Crippen LogP contribution is 2.26. The van der Waals surface area contributed by atoms with Crippen LogP contribution in [0.15, 0.2) is 12.3 Å². The second kappa shape index (κ2) is 5.05. The zero-order valence-corrected chi connectivity index (χ0v) is 10.8. The van der Waals surface area contributed by atoms with Gasteiger partial charge in [0.2, 0.25) is 0 Å². The molecular formula is C13H19ClN2. The zero-order valence-electron chi connectivity index (χ0n) is 10.0. The van der Waals surface area contributed by atoms with Crippen LogP contribution >= 0.6 is 11.6 Å². The molecule has 0 radical (unpaired) electrons. The summed E-state index contributed by atoms with van der Waals surface area (Å²) in [5, 5.41) is 0. The van der Waals surface area contributed by atoms with Crippen LogP contribution in [-0.2, 0) is 5.88 Å². The smallest absolute Gasteiger partial charge is 0.131 e. The topological polar surface area (TPSA) is 16.1 Å². The number of hydrogen-bond donors (Lipinski definition) is 0. The lowest BCUT2D eigenvalue weighted by Crippen LogP contribution is -2.38. The average Bonchev–Trinajstić information content (AvgIpc) is 2.30. The summed E-state index contributed by atoms with van der Waals surface area (Å²) in [5.41, 5.74) is 2.35. The summed E-state index contributed by atoms with van der Waals surface area (Å²) < 4.78 is 0. The van der Waals surface area contributed by atoms with Gasteiger partial charge in [-0.2, -0.15) is 0 Å². The molecule has 16 heavy (non-hydrogen) atoms. The average molecular weight is 239 g/mol. The van der Waals surface area contributed by atoms with Crippen molar-refractivity contribution in [2.45, 2.75) is 45.0 Å². The standard InChI is InChI=1S/C13H19ClN2/c1-10-7-12(8-14)9-15-13(10)16-6-4-3-5-11(16)2/h7,9,11H,3-6,8H2,1-2H3. The Hall–Kier alpha value is -0.760. The fourth-order valence-corrected chi connectivity index (χ4v) is 2.56. The molecule has 1 unspecified atom stereocenters. The van der Waals surface area contributed by atoms with Crippen molar-refractivity contribution in [3.63, 3.8) is 0 Å². The molecule has 2 nitrogen and oxygen atoms in total. The quantitative estimate of drug-likeness (QED) is 0.733. The van der Waals surface area contributed by atoms with Crippen LogP contribution < -0.4 is 4.90 Å². The number of alkyl halides is 1. The monoisotopic (exact) mass is 238 g/mol. The number of rotatable bonds is 2. The second-order valence-corrected chi connectivity index (χ2v) is 4.92. The van der Waals surface area contributed by atoms with Gasteiger partial charge in [-0.15, -0.1) is 11.6 Å². The van der Waals surface area contributed by atoms with Crippen molar-refractivity contribution >= 4 is 17.4 Å². The van der Waals surface area contributed by atoms with E-state index in [4.69, 9.17) is 11.6 Å². The van der Waals surface area contributed by atoms with E-state index in [1.54, 1.807) is 0 Å². The minimum atomic E-state index is 0.545. The minimum Gasteiger partial charge on any atom is -0.354 e. The third-order valence-corrected chi connectivity index (χ3v) is 3.65. The summed E-state index contributed by atoms with van der Waals surface area (Å²) >= 11 is 5.81. The lowest BCUT2D eigenvalue weighted by Gasteiger charge is -2.35. The van der Waals surface area contributed by atoms with Gasteiger partial charge in [0, 0.05) is 24.7 Å². The van der Waals surface area contributed by atoms with E-state index in [0.717, 1.165) is 17.9 Å². The number of aromatic nitrogens is 1. The van der Waals surface area contributed by atoms with Crippen molar-refractivity contribution in [1.82, 2.24) is 4.98 Å². The number of hydrogen-bond acceptors (Lipinski definition) is 2. The van der Waals surface area contributed by atoms with Crippen molar-refractivity contribution in [2.75, 3.05) is 11.4 Å². The van der Waals surface area contributed by atoms with Gasteiger partial charge in [-0.3, -0.25) is 0 Å². The molecule has 88 valence electrons. The van der Waals surface area contributed by atoms with Gasteiger partial charge < -0.3 is 4.90 Å². The summed E-state index contributed by atoms with van der Waals surface area (Å²) in [6, 6.07) is 2.76. The molecule has 0 bridgehead atoms. The predicted octanol–water partition coefficient (Wildman–Crippen LogP) is 3.51. The molecule has 1 aliphatic rings. The molecule has 1 aromatic rings. The van der Waals surface area contributed by atoms with Crippen molar-refractivity contribution in [2.24, 2.45) is 0 Å². The molecule has 0 spiro atoms. The molecule has 1 atom stereocenters. The highest BCUT2D eigenvalue weighted by Gasteiger charge is 2.20. The molecule has 0 aromatic carbocycles. The fraction of sp³-hybridized carbons (Fsp3) is 0.615. The summed E-state index contributed by atoms with van der Waals surface area (Å²) in [7, 11) is 0. The zero-order chi connectivity index (χ0) is 11.5. The normalized spacial score (nSPS) is 21.2. The van der Waals surface area contributed by atoms with E-state index in [1.165, 1.54) is 24.8 Å². The van der Waals surface area contributed by atoms with Crippen molar-refractivity contribution in [1.29, 1.82) is 0 Å². The lowest BCUT2D eigenvalue weighted by molar-refractivity contribution is 0.480. The number of piperidine rings is 1. The van der Waals surface area contributed by atoms with Crippen LogP contribution in [0.5, 0.6) is 0 Å². The van der Waals surface area contributed by atoms with E-state index in [0.29, 0.717) is 11.9 Å². The van der Waals surface area contributed by atoms with Crippen LogP contribution in [-0.4, -0.2) is 17.6 Å². The van der Waals surface area contributed by atoms with Gasteiger partial charge in [0.1, 0.15) is 5.82 Å². The molecule has 0 N–H and O–H groups in total. The first-order chi connectivity index (χ1) is 7.72. The molecule has 3 heteroatoms. The first-order valence-electron chi connectivity index (χ1n) is 6.00. The minimum absolute atomic E-state index is 0.545. The summed E-state index contributed by atoms with van der Waals surface area (Å²) in [4.78, 5) is 6.99. The van der Waals surface area contributed by atoms with E-state index >= 15 is 0 Å². The number of nitrogens with zero attached hydrogens (tertiary/aromatic N) is 2.